The van der Waals surface area contributed by atoms with Gasteiger partial charge in [0.15, 0.2) is 0 Å². The van der Waals surface area contributed by atoms with Crippen molar-refractivity contribution in [3.8, 4) is 0 Å². The maximum absolute atomic E-state index is 2.31. The average molecular weight is 168 g/mol. The fourth-order valence-electron chi connectivity index (χ4n) is 1.58. The van der Waals surface area contributed by atoms with E-state index < -0.39 is 0 Å². The first-order chi connectivity index (χ1) is 5.40. The summed E-state index contributed by atoms with van der Waals surface area (Å²) >= 11 is 0. The van der Waals surface area contributed by atoms with Crippen LogP contribution in [0.4, 0.5) is 0 Å². The van der Waals surface area contributed by atoms with Gasteiger partial charge in [-0.15, -0.1) is 0 Å². The SMILES string of the molecule is CCC1=Cc2ccccc2C1.[H-].[Na+]. The van der Waals surface area contributed by atoms with E-state index in [0.717, 1.165) is 0 Å². The summed E-state index contributed by atoms with van der Waals surface area (Å²) in [5.41, 5.74) is 4.47. The van der Waals surface area contributed by atoms with E-state index in [9.17, 15) is 0 Å². The maximum Gasteiger partial charge on any atom is 1.00 e. The smallest absolute Gasteiger partial charge is 1.00 e. The fourth-order valence-corrected chi connectivity index (χ4v) is 1.58. The zero-order chi connectivity index (χ0) is 7.68. The fraction of sp³-hybridized carbons (Fsp3) is 0.273. The van der Waals surface area contributed by atoms with E-state index in [1.54, 1.807) is 5.57 Å². The molecule has 12 heavy (non-hydrogen) atoms. The molecule has 0 N–H and O–H groups in total. The first-order valence-corrected chi connectivity index (χ1v) is 4.17. The van der Waals surface area contributed by atoms with Crippen molar-refractivity contribution >= 4 is 6.08 Å². The van der Waals surface area contributed by atoms with Gasteiger partial charge in [-0.05, 0) is 24.0 Å². The molecule has 0 unspecified atom stereocenters. The van der Waals surface area contributed by atoms with Crippen LogP contribution in [0.1, 0.15) is 25.9 Å². The van der Waals surface area contributed by atoms with Gasteiger partial charge in [-0.3, -0.25) is 0 Å². The van der Waals surface area contributed by atoms with Crippen LogP contribution in [0.3, 0.4) is 0 Å². The Labute approximate surface area is 97.5 Å². The van der Waals surface area contributed by atoms with Gasteiger partial charge in [0.1, 0.15) is 0 Å². The molecule has 0 radical (unpaired) electrons. The first kappa shape index (κ1) is 10.0. The van der Waals surface area contributed by atoms with Gasteiger partial charge < -0.3 is 1.43 Å². The number of fused-ring (bicyclic) bond motifs is 1. The standard InChI is InChI=1S/C11H12.Na.H/c1-2-9-7-10-5-3-4-6-11(10)8-9;;/h3-7H,2,8H2,1H3;;/q;+1;-1. The van der Waals surface area contributed by atoms with Crippen molar-refractivity contribution in [3.63, 3.8) is 0 Å². The van der Waals surface area contributed by atoms with Gasteiger partial charge in [-0.25, -0.2) is 0 Å². The summed E-state index contributed by atoms with van der Waals surface area (Å²) in [6.45, 7) is 2.22. The van der Waals surface area contributed by atoms with Crippen molar-refractivity contribution in [1.82, 2.24) is 0 Å². The Kier molecular flexibility index (Phi) is 3.57. The molecule has 0 heterocycles. The van der Waals surface area contributed by atoms with Gasteiger partial charge in [0.05, 0.1) is 0 Å². The minimum absolute atomic E-state index is 0. The molecule has 0 aromatic heterocycles. The molecule has 0 saturated carbocycles. The van der Waals surface area contributed by atoms with E-state index in [1.807, 2.05) is 0 Å². The first-order valence-electron chi connectivity index (χ1n) is 4.17. The number of rotatable bonds is 1. The summed E-state index contributed by atoms with van der Waals surface area (Å²) in [4.78, 5) is 0. The molecule has 1 aromatic rings. The molecule has 0 bridgehead atoms. The Morgan fingerprint density at radius 2 is 2.08 bits per heavy atom. The molecule has 1 aliphatic rings. The van der Waals surface area contributed by atoms with Gasteiger partial charge >= 0.3 is 29.6 Å². The number of hydrogen-bond donors (Lipinski definition) is 0. The van der Waals surface area contributed by atoms with Gasteiger partial charge in [0, 0.05) is 0 Å². The second-order valence-corrected chi connectivity index (χ2v) is 3.03. The molecule has 0 atom stereocenters. The predicted molar refractivity (Wildman–Crippen MR) is 49.5 cm³/mol. The van der Waals surface area contributed by atoms with Crippen molar-refractivity contribution in [2.24, 2.45) is 0 Å². The molecule has 1 aromatic carbocycles. The minimum atomic E-state index is 0. The van der Waals surface area contributed by atoms with Crippen LogP contribution in [0, 0.1) is 0 Å². The molecule has 0 fully saturated rings. The van der Waals surface area contributed by atoms with E-state index in [1.165, 1.54) is 24.0 Å². The van der Waals surface area contributed by atoms with Crippen molar-refractivity contribution in [1.29, 1.82) is 0 Å². The molecule has 0 spiro atoms. The van der Waals surface area contributed by atoms with E-state index in [2.05, 4.69) is 37.3 Å². The van der Waals surface area contributed by atoms with Gasteiger partial charge in [0.2, 0.25) is 0 Å². The third kappa shape index (κ3) is 1.82. The molecule has 0 saturated heterocycles. The molecular weight excluding hydrogens is 155 g/mol. The molecule has 1 aliphatic carbocycles. The minimum Gasteiger partial charge on any atom is -1.00 e. The van der Waals surface area contributed by atoms with E-state index in [4.69, 9.17) is 0 Å². The van der Waals surface area contributed by atoms with Crippen molar-refractivity contribution < 1.29 is 31.0 Å². The number of hydrogen-bond acceptors (Lipinski definition) is 0. The van der Waals surface area contributed by atoms with Gasteiger partial charge in [-0.1, -0.05) is 42.8 Å². The van der Waals surface area contributed by atoms with Gasteiger partial charge in [-0.2, -0.15) is 0 Å². The molecule has 1 heteroatoms. The second kappa shape index (κ2) is 4.27. The van der Waals surface area contributed by atoms with Gasteiger partial charge in [0.25, 0.3) is 0 Å². The monoisotopic (exact) mass is 168 g/mol. The van der Waals surface area contributed by atoms with Crippen LogP contribution in [0.25, 0.3) is 6.08 Å². The van der Waals surface area contributed by atoms with Crippen LogP contribution in [-0.2, 0) is 6.42 Å². The summed E-state index contributed by atoms with van der Waals surface area (Å²) in [7, 11) is 0. The Morgan fingerprint density at radius 3 is 2.75 bits per heavy atom. The summed E-state index contributed by atoms with van der Waals surface area (Å²) in [6.07, 6.45) is 4.68. The number of allylic oxidation sites excluding steroid dienone is 1. The normalized spacial score (nSPS) is 13.2. The van der Waals surface area contributed by atoms with Crippen LogP contribution >= 0.6 is 0 Å². The Bertz CT molecular complexity index is 305. The summed E-state index contributed by atoms with van der Waals surface area (Å²) in [5, 5.41) is 0. The average Bonchev–Trinajstić information content (AvgIpc) is 2.46. The molecule has 0 nitrogen and oxygen atoms in total. The topological polar surface area (TPSA) is 0 Å². The molecule has 0 amide bonds. The zero-order valence-corrected chi connectivity index (χ0v) is 9.80. The predicted octanol–water partition coefficient (Wildman–Crippen LogP) is 0.153. The Hall–Kier alpha value is -0.0400. The molecule has 0 aliphatic heterocycles. The second-order valence-electron chi connectivity index (χ2n) is 3.03. The van der Waals surface area contributed by atoms with Crippen LogP contribution in [-0.4, -0.2) is 0 Å². The molecular formula is C11H13Na. The molecule has 58 valence electrons. The largest absolute Gasteiger partial charge is 1.00 e. The van der Waals surface area contributed by atoms with E-state index in [-0.39, 0.29) is 31.0 Å². The summed E-state index contributed by atoms with van der Waals surface area (Å²) < 4.78 is 0. The summed E-state index contributed by atoms with van der Waals surface area (Å²) in [6, 6.07) is 8.63. The third-order valence-corrected chi connectivity index (χ3v) is 2.29. The Morgan fingerprint density at radius 1 is 1.33 bits per heavy atom. The van der Waals surface area contributed by atoms with Crippen LogP contribution in [0.2, 0.25) is 0 Å². The maximum atomic E-state index is 2.31. The zero-order valence-electron chi connectivity index (χ0n) is 8.80. The van der Waals surface area contributed by atoms with Crippen LogP contribution in [0.15, 0.2) is 29.8 Å². The van der Waals surface area contributed by atoms with E-state index in [0.29, 0.717) is 0 Å². The Balaban J connectivity index is 0.000000720. The van der Waals surface area contributed by atoms with Crippen molar-refractivity contribution in [2.75, 3.05) is 0 Å². The molecule has 2 rings (SSSR count). The number of benzene rings is 1. The summed E-state index contributed by atoms with van der Waals surface area (Å²) in [5.74, 6) is 0. The van der Waals surface area contributed by atoms with E-state index >= 15 is 0 Å². The van der Waals surface area contributed by atoms with Crippen molar-refractivity contribution in [2.45, 2.75) is 19.8 Å². The third-order valence-electron chi connectivity index (χ3n) is 2.29. The van der Waals surface area contributed by atoms with Crippen molar-refractivity contribution in [3.05, 3.63) is 41.0 Å². The van der Waals surface area contributed by atoms with Crippen LogP contribution in [0.5, 0.6) is 0 Å². The quantitative estimate of drug-likeness (QED) is 0.524. The van der Waals surface area contributed by atoms with Crippen LogP contribution < -0.4 is 29.6 Å².